The number of nitrogens with one attached hydrogen (secondary N) is 1. The zero-order chi connectivity index (χ0) is 20.5. The van der Waals surface area contributed by atoms with Gasteiger partial charge in [0.25, 0.3) is 0 Å². The van der Waals surface area contributed by atoms with Crippen molar-refractivity contribution in [2.24, 2.45) is 0 Å². The van der Waals surface area contributed by atoms with E-state index >= 15 is 0 Å². The summed E-state index contributed by atoms with van der Waals surface area (Å²) < 4.78 is 1.76. The Bertz CT molecular complexity index is 1080. The van der Waals surface area contributed by atoms with E-state index in [1.807, 2.05) is 0 Å². The van der Waals surface area contributed by atoms with Crippen LogP contribution in [-0.4, -0.2) is 57.6 Å². The fraction of sp³-hybridized carbons (Fsp3) is 0.455. The second-order valence-electron chi connectivity index (χ2n) is 8.28. The first-order valence-electron chi connectivity index (χ1n) is 10.7. The molecule has 2 aromatic heterocycles. The molecule has 0 amide bonds. The molecule has 30 heavy (non-hydrogen) atoms. The number of rotatable bonds is 4. The lowest BCUT2D eigenvalue weighted by Crippen LogP contribution is -2.44. The molecule has 1 saturated carbocycles. The van der Waals surface area contributed by atoms with E-state index in [9.17, 15) is 4.79 Å². The molecule has 1 N–H and O–H groups in total. The van der Waals surface area contributed by atoms with E-state index in [1.165, 1.54) is 5.69 Å². The summed E-state index contributed by atoms with van der Waals surface area (Å²) in [5.74, 6) is 0.493. The van der Waals surface area contributed by atoms with Gasteiger partial charge < -0.3 is 15.1 Å². The minimum absolute atomic E-state index is 0.180. The summed E-state index contributed by atoms with van der Waals surface area (Å²) >= 11 is 0. The van der Waals surface area contributed by atoms with E-state index in [-0.39, 0.29) is 11.7 Å². The van der Waals surface area contributed by atoms with Crippen LogP contribution < -0.4 is 15.9 Å². The van der Waals surface area contributed by atoms with E-state index in [1.54, 1.807) is 17.0 Å². The first-order chi connectivity index (χ1) is 14.7. The Morgan fingerprint density at radius 1 is 0.967 bits per heavy atom. The SMILES string of the molecule is CN1CCN(c2ccc(Nc3ncc4cnc(=O)n(C5CCCC5)c4n3)cc2)CC1. The van der Waals surface area contributed by atoms with Gasteiger partial charge in [-0.15, -0.1) is 0 Å². The summed E-state index contributed by atoms with van der Waals surface area (Å²) in [5.41, 5.74) is 2.59. The van der Waals surface area contributed by atoms with Crippen LogP contribution in [0, 0.1) is 0 Å². The standard InChI is InChI=1S/C22H27N7O/c1-27-10-12-28(13-11-27)18-8-6-17(7-9-18)25-21-23-14-16-15-24-22(30)29(20(16)26-21)19-4-2-3-5-19/h6-9,14-15,19H,2-5,10-13H2,1H3,(H,23,25,26). The summed E-state index contributed by atoms with van der Waals surface area (Å²) in [7, 11) is 2.16. The van der Waals surface area contributed by atoms with Crippen LogP contribution in [0.4, 0.5) is 17.3 Å². The summed E-state index contributed by atoms with van der Waals surface area (Å²) in [6.07, 6.45) is 7.59. The molecular formula is C22H27N7O. The largest absolute Gasteiger partial charge is 0.369 e. The Hall–Kier alpha value is -3.00. The van der Waals surface area contributed by atoms with Crippen molar-refractivity contribution >= 4 is 28.4 Å². The number of hydrogen-bond acceptors (Lipinski definition) is 7. The van der Waals surface area contributed by atoms with Crippen molar-refractivity contribution < 1.29 is 0 Å². The lowest BCUT2D eigenvalue weighted by Gasteiger charge is -2.34. The first kappa shape index (κ1) is 19.0. The van der Waals surface area contributed by atoms with Crippen LogP contribution in [0.1, 0.15) is 31.7 Å². The van der Waals surface area contributed by atoms with Gasteiger partial charge in [0, 0.05) is 56.0 Å². The molecule has 0 atom stereocenters. The number of hydrogen-bond donors (Lipinski definition) is 1. The average molecular weight is 406 g/mol. The number of benzene rings is 1. The van der Waals surface area contributed by atoms with Crippen LogP contribution in [0.25, 0.3) is 11.0 Å². The zero-order valence-electron chi connectivity index (χ0n) is 17.3. The van der Waals surface area contributed by atoms with Gasteiger partial charge in [0.1, 0.15) is 0 Å². The van der Waals surface area contributed by atoms with Gasteiger partial charge in [-0.2, -0.15) is 4.98 Å². The highest BCUT2D eigenvalue weighted by Crippen LogP contribution is 2.30. The number of fused-ring (bicyclic) bond motifs is 1. The lowest BCUT2D eigenvalue weighted by molar-refractivity contribution is 0.313. The Morgan fingerprint density at radius 3 is 2.40 bits per heavy atom. The molecule has 0 unspecified atom stereocenters. The summed E-state index contributed by atoms with van der Waals surface area (Å²) in [4.78, 5) is 30.4. The van der Waals surface area contributed by atoms with Crippen molar-refractivity contribution in [1.29, 1.82) is 0 Å². The Balaban J connectivity index is 1.39. The molecule has 1 saturated heterocycles. The van der Waals surface area contributed by atoms with Gasteiger partial charge in [-0.1, -0.05) is 12.8 Å². The van der Waals surface area contributed by atoms with Gasteiger partial charge in [-0.25, -0.2) is 14.8 Å². The van der Waals surface area contributed by atoms with E-state index in [0.29, 0.717) is 11.6 Å². The van der Waals surface area contributed by atoms with Gasteiger partial charge in [-0.3, -0.25) is 4.57 Å². The maximum Gasteiger partial charge on any atom is 0.349 e. The van der Waals surface area contributed by atoms with Gasteiger partial charge in [-0.05, 0) is 44.2 Å². The van der Waals surface area contributed by atoms with E-state index in [4.69, 9.17) is 0 Å². The van der Waals surface area contributed by atoms with Gasteiger partial charge in [0.2, 0.25) is 5.95 Å². The van der Waals surface area contributed by atoms with Crippen molar-refractivity contribution in [1.82, 2.24) is 24.4 Å². The van der Waals surface area contributed by atoms with Crippen molar-refractivity contribution in [2.75, 3.05) is 43.4 Å². The maximum absolute atomic E-state index is 12.5. The highest BCUT2D eigenvalue weighted by Gasteiger charge is 2.21. The molecule has 0 spiro atoms. The molecule has 8 nitrogen and oxygen atoms in total. The topological polar surface area (TPSA) is 79.2 Å². The third-order valence-electron chi connectivity index (χ3n) is 6.23. The van der Waals surface area contributed by atoms with E-state index in [2.05, 4.69) is 61.4 Å². The highest BCUT2D eigenvalue weighted by molar-refractivity contribution is 5.75. The maximum atomic E-state index is 12.5. The Morgan fingerprint density at radius 2 is 1.67 bits per heavy atom. The monoisotopic (exact) mass is 405 g/mol. The molecule has 1 aliphatic carbocycles. The third kappa shape index (κ3) is 3.75. The van der Waals surface area contributed by atoms with Crippen molar-refractivity contribution in [2.45, 2.75) is 31.7 Å². The molecule has 8 heteroatoms. The summed E-state index contributed by atoms with van der Waals surface area (Å²) in [6, 6.07) is 8.55. The average Bonchev–Trinajstić information content (AvgIpc) is 3.29. The van der Waals surface area contributed by atoms with Crippen LogP contribution in [0.3, 0.4) is 0 Å². The predicted octanol–water partition coefficient (Wildman–Crippen LogP) is 2.80. The van der Waals surface area contributed by atoms with Crippen LogP contribution in [0.5, 0.6) is 0 Å². The Labute approximate surface area is 175 Å². The van der Waals surface area contributed by atoms with Crippen LogP contribution in [0.15, 0.2) is 41.5 Å². The molecule has 2 fully saturated rings. The molecule has 0 radical (unpaired) electrons. The van der Waals surface area contributed by atoms with Gasteiger partial charge >= 0.3 is 5.69 Å². The number of anilines is 3. The number of piperazine rings is 1. The second kappa shape index (κ2) is 8.02. The Kier molecular flexibility index (Phi) is 5.08. The predicted molar refractivity (Wildman–Crippen MR) is 119 cm³/mol. The van der Waals surface area contributed by atoms with Gasteiger partial charge in [0.15, 0.2) is 5.65 Å². The molecule has 0 bridgehead atoms. The van der Waals surface area contributed by atoms with Crippen molar-refractivity contribution in [3.63, 3.8) is 0 Å². The minimum Gasteiger partial charge on any atom is -0.369 e. The number of aromatic nitrogens is 4. The number of nitrogens with zero attached hydrogens (tertiary/aromatic N) is 6. The second-order valence-corrected chi connectivity index (χ2v) is 8.28. The molecular weight excluding hydrogens is 378 g/mol. The molecule has 5 rings (SSSR count). The van der Waals surface area contributed by atoms with Crippen LogP contribution in [0.2, 0.25) is 0 Å². The normalized spacial score (nSPS) is 18.2. The number of likely N-dealkylation sites (N-methyl/N-ethyl adjacent to an activating group) is 1. The first-order valence-corrected chi connectivity index (χ1v) is 10.7. The molecule has 3 heterocycles. The van der Waals surface area contributed by atoms with E-state index in [0.717, 1.165) is 62.9 Å². The summed E-state index contributed by atoms with van der Waals surface area (Å²) in [6.45, 7) is 4.26. The van der Waals surface area contributed by atoms with Crippen LogP contribution in [-0.2, 0) is 0 Å². The zero-order valence-corrected chi connectivity index (χ0v) is 17.3. The summed E-state index contributed by atoms with van der Waals surface area (Å²) in [5, 5.41) is 4.08. The molecule has 2 aliphatic rings. The molecule has 156 valence electrons. The fourth-order valence-electron chi connectivity index (χ4n) is 4.44. The lowest BCUT2D eigenvalue weighted by atomic mass is 10.2. The highest BCUT2D eigenvalue weighted by atomic mass is 16.1. The fourth-order valence-corrected chi connectivity index (χ4v) is 4.44. The molecule has 3 aromatic rings. The minimum atomic E-state index is -0.226. The molecule has 1 aromatic carbocycles. The van der Waals surface area contributed by atoms with E-state index < -0.39 is 0 Å². The smallest absolute Gasteiger partial charge is 0.349 e. The van der Waals surface area contributed by atoms with Crippen molar-refractivity contribution in [3.8, 4) is 0 Å². The third-order valence-corrected chi connectivity index (χ3v) is 6.23. The molecule has 1 aliphatic heterocycles. The van der Waals surface area contributed by atoms with Crippen LogP contribution >= 0.6 is 0 Å². The quantitative estimate of drug-likeness (QED) is 0.715. The van der Waals surface area contributed by atoms with Gasteiger partial charge in [0.05, 0.1) is 5.39 Å². The van der Waals surface area contributed by atoms with Crippen molar-refractivity contribution in [3.05, 3.63) is 47.1 Å².